The van der Waals surface area contributed by atoms with E-state index in [1.165, 1.54) is 12.0 Å². The second-order valence-corrected chi connectivity index (χ2v) is 8.44. The number of furan rings is 1. The molecular weight excluding hydrogens is 454 g/mol. The average molecular weight is 474 g/mol. The lowest BCUT2D eigenvalue weighted by atomic mass is 9.94. The number of nitrogens with zero attached hydrogens (tertiary/aromatic N) is 1. The van der Waals surface area contributed by atoms with Crippen LogP contribution in [-0.2, 0) is 4.79 Å². The number of rotatable bonds is 5. The van der Waals surface area contributed by atoms with E-state index < -0.39 is 23.5 Å². The largest absolute Gasteiger partial charge is 0.503 e. The SMILES string of the molecule is COc1cccc2cc(C(=O)C3=C(O)C(=O)N(c4cc(Cl)ccc4C)C3c3ccccc3)oc12. The minimum atomic E-state index is -0.867. The number of ketones is 1. The Balaban J connectivity index is 1.68. The van der Waals surface area contributed by atoms with E-state index in [1.807, 2.05) is 25.1 Å². The van der Waals surface area contributed by atoms with Crippen molar-refractivity contribution in [2.24, 2.45) is 0 Å². The summed E-state index contributed by atoms with van der Waals surface area (Å²) in [6.07, 6.45) is 0. The number of Topliss-reactive ketones (excluding diaryl/α,β-unsaturated/α-hetero) is 1. The van der Waals surface area contributed by atoms with Crippen molar-refractivity contribution in [1.82, 2.24) is 0 Å². The number of fused-ring (bicyclic) bond motifs is 1. The standard InChI is InChI=1S/C27H20ClNO5/c1-15-11-12-18(28)14-19(15)29-23(16-7-4-3-5-8-16)22(25(31)27(29)32)24(30)21-13-17-9-6-10-20(33-2)26(17)34-21/h3-14,23,31H,1-2H3. The molecule has 4 aromatic rings. The van der Waals surface area contributed by atoms with Gasteiger partial charge >= 0.3 is 0 Å². The molecule has 0 fully saturated rings. The summed E-state index contributed by atoms with van der Waals surface area (Å²) in [7, 11) is 1.51. The molecule has 0 saturated heterocycles. The number of anilines is 1. The lowest BCUT2D eigenvalue weighted by Crippen LogP contribution is -2.31. The van der Waals surface area contributed by atoms with Gasteiger partial charge in [0.25, 0.3) is 5.91 Å². The number of ether oxygens (including phenoxy) is 1. The number of methoxy groups -OCH3 is 1. The van der Waals surface area contributed by atoms with Gasteiger partial charge in [-0.25, -0.2) is 0 Å². The summed E-state index contributed by atoms with van der Waals surface area (Å²) in [5, 5.41) is 12.1. The zero-order valence-electron chi connectivity index (χ0n) is 18.4. The molecule has 1 aliphatic rings. The number of hydrogen-bond donors (Lipinski definition) is 1. The lowest BCUT2D eigenvalue weighted by molar-refractivity contribution is -0.117. The van der Waals surface area contributed by atoms with Crippen molar-refractivity contribution in [3.05, 3.63) is 106 Å². The van der Waals surface area contributed by atoms with Crippen molar-refractivity contribution in [3.8, 4) is 5.75 Å². The van der Waals surface area contributed by atoms with E-state index in [-0.39, 0.29) is 11.3 Å². The first-order chi connectivity index (χ1) is 16.4. The fourth-order valence-corrected chi connectivity index (χ4v) is 4.49. The second kappa shape index (κ2) is 8.39. The molecule has 1 aliphatic heterocycles. The van der Waals surface area contributed by atoms with E-state index in [0.717, 1.165) is 5.56 Å². The molecule has 1 aromatic heterocycles. The highest BCUT2D eigenvalue weighted by Crippen LogP contribution is 2.44. The van der Waals surface area contributed by atoms with E-state index in [2.05, 4.69) is 0 Å². The van der Waals surface area contributed by atoms with Gasteiger partial charge in [-0.2, -0.15) is 0 Å². The Morgan fingerprint density at radius 2 is 1.82 bits per heavy atom. The van der Waals surface area contributed by atoms with Gasteiger partial charge in [0.1, 0.15) is 0 Å². The molecule has 0 bridgehead atoms. The monoisotopic (exact) mass is 473 g/mol. The van der Waals surface area contributed by atoms with Gasteiger partial charge in [-0.05, 0) is 42.3 Å². The Labute approximate surface area is 200 Å². The number of amides is 1. The van der Waals surface area contributed by atoms with Crippen LogP contribution >= 0.6 is 11.6 Å². The van der Waals surface area contributed by atoms with Gasteiger partial charge < -0.3 is 14.3 Å². The summed E-state index contributed by atoms with van der Waals surface area (Å²) in [6, 6.07) is 20.3. The Bertz CT molecular complexity index is 1470. The van der Waals surface area contributed by atoms with Crippen molar-refractivity contribution >= 4 is 39.9 Å². The molecule has 1 unspecified atom stereocenters. The molecule has 1 N–H and O–H groups in total. The summed E-state index contributed by atoms with van der Waals surface area (Å²) < 4.78 is 11.2. The van der Waals surface area contributed by atoms with Crippen LogP contribution < -0.4 is 9.64 Å². The first-order valence-electron chi connectivity index (χ1n) is 10.6. The summed E-state index contributed by atoms with van der Waals surface area (Å²) in [6.45, 7) is 1.84. The number of aliphatic hydroxyl groups is 1. The fraction of sp³-hybridized carbons (Fsp3) is 0.111. The molecule has 170 valence electrons. The van der Waals surface area contributed by atoms with Gasteiger partial charge in [0.15, 0.2) is 22.9 Å². The molecule has 2 heterocycles. The zero-order chi connectivity index (χ0) is 24.0. The minimum Gasteiger partial charge on any atom is -0.503 e. The van der Waals surface area contributed by atoms with Crippen molar-refractivity contribution in [2.75, 3.05) is 12.0 Å². The topological polar surface area (TPSA) is 80.0 Å². The molecule has 5 rings (SSSR count). The van der Waals surface area contributed by atoms with E-state index in [4.69, 9.17) is 20.8 Å². The highest BCUT2D eigenvalue weighted by molar-refractivity contribution is 6.31. The summed E-state index contributed by atoms with van der Waals surface area (Å²) in [5.74, 6) is -1.41. The van der Waals surface area contributed by atoms with Crippen LogP contribution in [0.5, 0.6) is 5.75 Å². The van der Waals surface area contributed by atoms with Gasteiger partial charge in [0.05, 0.1) is 18.7 Å². The Morgan fingerprint density at radius 3 is 2.56 bits per heavy atom. The van der Waals surface area contributed by atoms with Crippen molar-refractivity contribution < 1.29 is 23.8 Å². The van der Waals surface area contributed by atoms with Crippen LogP contribution in [0.4, 0.5) is 5.69 Å². The molecule has 3 aromatic carbocycles. The van der Waals surface area contributed by atoms with Crippen LogP contribution in [-0.4, -0.2) is 23.9 Å². The Hall–Kier alpha value is -4.03. The third-order valence-electron chi connectivity index (χ3n) is 5.95. The molecule has 0 radical (unpaired) electrons. The number of carbonyl (C=O) groups excluding carboxylic acids is 2. The average Bonchev–Trinajstić information content (AvgIpc) is 3.40. The maximum absolute atomic E-state index is 13.7. The van der Waals surface area contributed by atoms with Crippen molar-refractivity contribution in [2.45, 2.75) is 13.0 Å². The normalized spacial score (nSPS) is 15.9. The summed E-state index contributed by atoms with van der Waals surface area (Å²) in [5.41, 5.74) is 2.29. The van der Waals surface area contributed by atoms with Gasteiger partial charge in [-0.3, -0.25) is 14.5 Å². The summed E-state index contributed by atoms with van der Waals surface area (Å²) >= 11 is 6.23. The smallest absolute Gasteiger partial charge is 0.294 e. The molecular formula is C27H20ClNO5. The molecule has 34 heavy (non-hydrogen) atoms. The zero-order valence-corrected chi connectivity index (χ0v) is 19.2. The number of para-hydroxylation sites is 1. The number of aliphatic hydroxyl groups excluding tert-OH is 1. The van der Waals surface area contributed by atoms with Gasteiger partial charge in [0.2, 0.25) is 5.78 Å². The first kappa shape index (κ1) is 21.8. The molecule has 7 heteroatoms. The highest BCUT2D eigenvalue weighted by Gasteiger charge is 2.45. The van der Waals surface area contributed by atoms with Crippen LogP contribution in [0.2, 0.25) is 5.02 Å². The van der Waals surface area contributed by atoms with Gasteiger partial charge in [-0.1, -0.05) is 60.1 Å². The van der Waals surface area contributed by atoms with E-state index in [0.29, 0.717) is 33.0 Å². The van der Waals surface area contributed by atoms with Crippen molar-refractivity contribution in [3.63, 3.8) is 0 Å². The third-order valence-corrected chi connectivity index (χ3v) is 6.19. The number of benzene rings is 3. The molecule has 1 amide bonds. The number of carbonyl (C=O) groups is 2. The van der Waals surface area contributed by atoms with Crippen LogP contribution in [0.3, 0.4) is 0 Å². The molecule has 6 nitrogen and oxygen atoms in total. The second-order valence-electron chi connectivity index (χ2n) is 8.00. The molecule has 0 saturated carbocycles. The molecule has 0 spiro atoms. The number of halogens is 1. The van der Waals surface area contributed by atoms with Crippen molar-refractivity contribution in [1.29, 1.82) is 0 Å². The van der Waals surface area contributed by atoms with Crippen LogP contribution in [0.15, 0.2) is 88.5 Å². The quantitative estimate of drug-likeness (QED) is 0.350. The van der Waals surface area contributed by atoms with E-state index in [9.17, 15) is 14.7 Å². The minimum absolute atomic E-state index is 0.000512. The third kappa shape index (κ3) is 3.43. The Kier molecular flexibility index (Phi) is 5.38. The van der Waals surface area contributed by atoms with Gasteiger partial charge in [0, 0.05) is 16.1 Å². The molecule has 1 atom stereocenters. The maximum Gasteiger partial charge on any atom is 0.294 e. The number of hydrogen-bond acceptors (Lipinski definition) is 5. The maximum atomic E-state index is 13.7. The van der Waals surface area contributed by atoms with Crippen LogP contribution in [0, 0.1) is 6.92 Å². The predicted molar refractivity (Wildman–Crippen MR) is 130 cm³/mol. The first-order valence-corrected chi connectivity index (χ1v) is 11.0. The highest BCUT2D eigenvalue weighted by atomic mass is 35.5. The summed E-state index contributed by atoms with van der Waals surface area (Å²) in [4.78, 5) is 28.5. The number of aryl methyl sites for hydroxylation is 1. The molecule has 0 aliphatic carbocycles. The van der Waals surface area contributed by atoms with Gasteiger partial charge in [-0.15, -0.1) is 0 Å². The lowest BCUT2D eigenvalue weighted by Gasteiger charge is -2.28. The van der Waals surface area contributed by atoms with Crippen LogP contribution in [0.1, 0.15) is 27.7 Å². The fourth-order valence-electron chi connectivity index (χ4n) is 4.32. The van der Waals surface area contributed by atoms with E-state index >= 15 is 0 Å². The Morgan fingerprint density at radius 1 is 1.06 bits per heavy atom. The van der Waals surface area contributed by atoms with Crippen LogP contribution in [0.25, 0.3) is 11.0 Å². The predicted octanol–water partition coefficient (Wildman–Crippen LogP) is 6.19. The van der Waals surface area contributed by atoms with E-state index in [1.54, 1.807) is 54.6 Å².